The minimum absolute atomic E-state index is 0.0559. The summed E-state index contributed by atoms with van der Waals surface area (Å²) in [4.78, 5) is 8.15. The van der Waals surface area contributed by atoms with Crippen LogP contribution in [-0.2, 0) is 30.3 Å². The van der Waals surface area contributed by atoms with E-state index in [0.29, 0.717) is 31.7 Å². The molecule has 0 saturated carbocycles. The highest BCUT2D eigenvalue weighted by molar-refractivity contribution is 5.30. The zero-order valence-corrected chi connectivity index (χ0v) is 11.7. The Morgan fingerprint density at radius 3 is 2.81 bits per heavy atom. The number of hydrogen-bond acceptors (Lipinski definition) is 4. The van der Waals surface area contributed by atoms with Crippen LogP contribution in [0.5, 0.6) is 0 Å². The van der Waals surface area contributed by atoms with Gasteiger partial charge >= 0.3 is 6.18 Å². The Kier molecular flexibility index (Phi) is 4.12. The number of nitrogens with zero attached hydrogens (tertiary/aromatic N) is 2. The van der Waals surface area contributed by atoms with Gasteiger partial charge in [0.05, 0.1) is 11.8 Å². The van der Waals surface area contributed by atoms with E-state index in [1.807, 2.05) is 0 Å². The molecule has 21 heavy (non-hydrogen) atoms. The van der Waals surface area contributed by atoms with Crippen molar-refractivity contribution in [1.82, 2.24) is 15.3 Å². The van der Waals surface area contributed by atoms with Gasteiger partial charge in [-0.2, -0.15) is 13.2 Å². The average molecular weight is 301 g/mol. The number of fused-ring (bicyclic) bond motifs is 1. The number of ether oxygens (including phenoxy) is 1. The van der Waals surface area contributed by atoms with Crippen LogP contribution in [0, 0.1) is 0 Å². The van der Waals surface area contributed by atoms with Crippen LogP contribution in [0.4, 0.5) is 13.2 Å². The molecule has 1 unspecified atom stereocenters. The van der Waals surface area contributed by atoms with Crippen LogP contribution in [0.3, 0.4) is 0 Å². The molecule has 116 valence electrons. The lowest BCUT2D eigenvalue weighted by Gasteiger charge is -2.24. The summed E-state index contributed by atoms with van der Waals surface area (Å²) >= 11 is 0. The SMILES string of the molecule is FC(F)(F)c1nc(CC2CCCCO2)nc2c1CNCC2. The van der Waals surface area contributed by atoms with Gasteiger partial charge in [0.1, 0.15) is 5.82 Å². The zero-order chi connectivity index (χ0) is 14.9. The van der Waals surface area contributed by atoms with Crippen molar-refractivity contribution in [2.24, 2.45) is 0 Å². The predicted octanol–water partition coefficient (Wildman–Crippen LogP) is 2.25. The third-order valence-corrected chi connectivity index (χ3v) is 3.93. The van der Waals surface area contributed by atoms with E-state index in [1.165, 1.54) is 0 Å². The van der Waals surface area contributed by atoms with E-state index >= 15 is 0 Å². The Balaban J connectivity index is 1.90. The molecule has 4 nitrogen and oxygen atoms in total. The highest BCUT2D eigenvalue weighted by Gasteiger charge is 2.38. The van der Waals surface area contributed by atoms with Gasteiger partial charge in [-0.3, -0.25) is 0 Å². The Labute approximate surface area is 121 Å². The molecule has 1 aromatic rings. The summed E-state index contributed by atoms with van der Waals surface area (Å²) in [5.74, 6) is 0.259. The van der Waals surface area contributed by atoms with E-state index in [1.54, 1.807) is 0 Å². The van der Waals surface area contributed by atoms with Gasteiger partial charge in [0, 0.05) is 38.1 Å². The maximum absolute atomic E-state index is 13.2. The van der Waals surface area contributed by atoms with Crippen LogP contribution in [0.25, 0.3) is 0 Å². The van der Waals surface area contributed by atoms with Crippen molar-refractivity contribution >= 4 is 0 Å². The lowest BCUT2D eigenvalue weighted by atomic mass is 10.0. The highest BCUT2D eigenvalue weighted by Crippen LogP contribution is 2.33. The maximum atomic E-state index is 13.2. The Hall–Kier alpha value is -1.21. The van der Waals surface area contributed by atoms with Crippen LogP contribution >= 0.6 is 0 Å². The smallest absolute Gasteiger partial charge is 0.378 e. The van der Waals surface area contributed by atoms with Gasteiger partial charge < -0.3 is 10.1 Å². The fourth-order valence-electron chi connectivity index (χ4n) is 2.89. The molecule has 7 heteroatoms. The first-order valence-corrected chi connectivity index (χ1v) is 7.32. The van der Waals surface area contributed by atoms with Crippen molar-refractivity contribution < 1.29 is 17.9 Å². The molecule has 0 amide bonds. The number of rotatable bonds is 2. The van der Waals surface area contributed by atoms with E-state index in [9.17, 15) is 13.2 Å². The zero-order valence-electron chi connectivity index (χ0n) is 11.7. The first-order chi connectivity index (χ1) is 10.0. The second-order valence-corrected chi connectivity index (χ2v) is 5.53. The van der Waals surface area contributed by atoms with E-state index in [2.05, 4.69) is 15.3 Å². The minimum atomic E-state index is -4.44. The molecule has 2 aliphatic heterocycles. The fraction of sp³-hybridized carbons (Fsp3) is 0.714. The van der Waals surface area contributed by atoms with E-state index < -0.39 is 11.9 Å². The molecule has 0 spiro atoms. The molecular weight excluding hydrogens is 283 g/mol. The molecule has 1 fully saturated rings. The lowest BCUT2D eigenvalue weighted by Crippen LogP contribution is -2.30. The van der Waals surface area contributed by atoms with Crippen molar-refractivity contribution in [1.29, 1.82) is 0 Å². The Bertz CT molecular complexity index is 513. The summed E-state index contributed by atoms with van der Waals surface area (Å²) in [7, 11) is 0. The molecule has 0 aliphatic carbocycles. The van der Waals surface area contributed by atoms with E-state index in [-0.39, 0.29) is 24.0 Å². The third kappa shape index (κ3) is 3.35. The predicted molar refractivity (Wildman–Crippen MR) is 69.7 cm³/mol. The van der Waals surface area contributed by atoms with Crippen LogP contribution in [0.2, 0.25) is 0 Å². The van der Waals surface area contributed by atoms with E-state index in [0.717, 1.165) is 19.3 Å². The number of hydrogen-bond donors (Lipinski definition) is 1. The normalized spacial score (nSPS) is 22.9. The summed E-state index contributed by atoms with van der Waals surface area (Å²) < 4.78 is 45.1. The molecule has 0 bridgehead atoms. The monoisotopic (exact) mass is 301 g/mol. The molecule has 1 saturated heterocycles. The van der Waals surface area contributed by atoms with Crippen LogP contribution in [0.1, 0.15) is 42.0 Å². The number of aromatic nitrogens is 2. The van der Waals surface area contributed by atoms with Gasteiger partial charge in [-0.25, -0.2) is 9.97 Å². The van der Waals surface area contributed by atoms with Gasteiger partial charge in [0.2, 0.25) is 0 Å². The van der Waals surface area contributed by atoms with Gasteiger partial charge in [-0.1, -0.05) is 0 Å². The molecular formula is C14H18F3N3O. The van der Waals surface area contributed by atoms with Gasteiger partial charge in [-0.05, 0) is 19.3 Å². The first kappa shape index (κ1) is 14.7. The molecule has 2 aliphatic rings. The van der Waals surface area contributed by atoms with Crippen molar-refractivity contribution in [2.75, 3.05) is 13.2 Å². The fourth-order valence-corrected chi connectivity index (χ4v) is 2.89. The number of alkyl halides is 3. The summed E-state index contributed by atoms with van der Waals surface area (Å²) in [5, 5.41) is 2.95. The molecule has 3 rings (SSSR count). The second kappa shape index (κ2) is 5.88. The summed E-state index contributed by atoms with van der Waals surface area (Å²) in [5.41, 5.74) is -0.0607. The maximum Gasteiger partial charge on any atom is 0.433 e. The largest absolute Gasteiger partial charge is 0.433 e. The first-order valence-electron chi connectivity index (χ1n) is 7.32. The number of nitrogens with one attached hydrogen (secondary N) is 1. The summed E-state index contributed by atoms with van der Waals surface area (Å²) in [6.45, 7) is 1.51. The Morgan fingerprint density at radius 2 is 2.10 bits per heavy atom. The van der Waals surface area contributed by atoms with Gasteiger partial charge in [-0.15, -0.1) is 0 Å². The van der Waals surface area contributed by atoms with Crippen molar-refractivity contribution in [3.8, 4) is 0 Å². The number of halogens is 3. The highest BCUT2D eigenvalue weighted by atomic mass is 19.4. The standard InChI is InChI=1S/C14H18F3N3O/c15-14(16,17)13-10-8-18-5-4-11(10)19-12(20-13)7-9-3-1-2-6-21-9/h9,18H,1-8H2. The van der Waals surface area contributed by atoms with Crippen molar-refractivity contribution in [3.63, 3.8) is 0 Å². The second-order valence-electron chi connectivity index (χ2n) is 5.53. The minimum Gasteiger partial charge on any atom is -0.378 e. The molecule has 3 heterocycles. The van der Waals surface area contributed by atoms with Crippen LogP contribution < -0.4 is 5.32 Å². The summed E-state index contributed by atoms with van der Waals surface area (Å²) in [6.07, 6.45) is -0.687. The quantitative estimate of drug-likeness (QED) is 0.910. The topological polar surface area (TPSA) is 47.0 Å². The van der Waals surface area contributed by atoms with Crippen LogP contribution in [-0.4, -0.2) is 29.2 Å². The summed E-state index contributed by atoms with van der Waals surface area (Å²) in [6, 6.07) is 0. The van der Waals surface area contributed by atoms with Gasteiger partial charge in [0.25, 0.3) is 0 Å². The van der Waals surface area contributed by atoms with Gasteiger partial charge in [0.15, 0.2) is 5.69 Å². The third-order valence-electron chi connectivity index (χ3n) is 3.93. The average Bonchev–Trinajstić information content (AvgIpc) is 2.46. The molecule has 1 atom stereocenters. The van der Waals surface area contributed by atoms with Crippen LogP contribution in [0.15, 0.2) is 0 Å². The molecule has 0 radical (unpaired) electrons. The molecule has 1 aromatic heterocycles. The van der Waals surface area contributed by atoms with Crippen molar-refractivity contribution in [2.45, 2.75) is 50.9 Å². The van der Waals surface area contributed by atoms with Crippen molar-refractivity contribution in [3.05, 3.63) is 22.8 Å². The Morgan fingerprint density at radius 1 is 1.24 bits per heavy atom. The molecule has 0 aromatic carbocycles. The molecule has 1 N–H and O–H groups in total. The lowest BCUT2D eigenvalue weighted by molar-refractivity contribution is -0.142. The van der Waals surface area contributed by atoms with E-state index in [4.69, 9.17) is 4.74 Å².